The second kappa shape index (κ2) is 7.31. The van der Waals surface area contributed by atoms with E-state index in [0.717, 1.165) is 24.2 Å². The lowest BCUT2D eigenvalue weighted by Crippen LogP contribution is -2.44. The lowest BCUT2D eigenvalue weighted by molar-refractivity contribution is 0.167. The molecule has 0 spiro atoms. The van der Waals surface area contributed by atoms with Gasteiger partial charge in [0.1, 0.15) is 0 Å². The van der Waals surface area contributed by atoms with E-state index in [1.807, 2.05) is 30.0 Å². The average molecular weight is 359 g/mol. The first-order chi connectivity index (χ1) is 13.1. The molecule has 0 aliphatic carbocycles. The summed E-state index contributed by atoms with van der Waals surface area (Å²) in [6.07, 6.45) is 2.92. The Morgan fingerprint density at radius 3 is 2.63 bits per heavy atom. The van der Waals surface area contributed by atoms with Gasteiger partial charge in [0, 0.05) is 30.7 Å². The summed E-state index contributed by atoms with van der Waals surface area (Å²) < 4.78 is 2.26. The Labute approximate surface area is 160 Å². The molecule has 0 fully saturated rings. The minimum absolute atomic E-state index is 0.0289. The van der Waals surface area contributed by atoms with Crippen molar-refractivity contribution in [3.63, 3.8) is 0 Å². The van der Waals surface area contributed by atoms with Crippen LogP contribution in [0.1, 0.15) is 28.4 Å². The fourth-order valence-corrected chi connectivity index (χ4v) is 3.83. The highest BCUT2D eigenvalue weighted by Crippen LogP contribution is 2.30. The van der Waals surface area contributed by atoms with Crippen molar-refractivity contribution in [2.75, 3.05) is 11.9 Å². The van der Waals surface area contributed by atoms with Crippen molar-refractivity contribution in [2.24, 2.45) is 0 Å². The number of hydrogen-bond acceptors (Lipinski definition) is 1. The monoisotopic (exact) mass is 359 g/mol. The Balaban J connectivity index is 1.61. The summed E-state index contributed by atoms with van der Waals surface area (Å²) in [5.41, 5.74) is 5.62. The molecule has 0 saturated carbocycles. The molecule has 0 radical (unpaired) electrons. The van der Waals surface area contributed by atoms with Crippen LogP contribution in [0.5, 0.6) is 0 Å². The SMILES string of the molecule is Cc1cccc(NC(=O)N2CCn3cccc3[C@H]2Cc2ccccc2)c1C. The highest BCUT2D eigenvalue weighted by atomic mass is 16.2. The molecule has 4 heteroatoms. The van der Waals surface area contributed by atoms with Crippen LogP contribution in [0.3, 0.4) is 0 Å². The van der Waals surface area contributed by atoms with Gasteiger partial charge in [-0.2, -0.15) is 0 Å². The van der Waals surface area contributed by atoms with Crippen LogP contribution < -0.4 is 5.32 Å². The predicted octanol–water partition coefficient (Wildman–Crippen LogP) is 4.94. The van der Waals surface area contributed by atoms with Crippen molar-refractivity contribution in [3.8, 4) is 0 Å². The molecular formula is C23H25N3O. The molecule has 138 valence electrons. The van der Waals surface area contributed by atoms with E-state index in [1.165, 1.54) is 16.8 Å². The Hall–Kier alpha value is -3.01. The highest BCUT2D eigenvalue weighted by molar-refractivity contribution is 5.90. The maximum absolute atomic E-state index is 13.2. The van der Waals surface area contributed by atoms with Gasteiger partial charge in [0.25, 0.3) is 0 Å². The van der Waals surface area contributed by atoms with Crippen molar-refractivity contribution in [1.82, 2.24) is 9.47 Å². The zero-order valence-corrected chi connectivity index (χ0v) is 15.9. The maximum Gasteiger partial charge on any atom is 0.322 e. The number of aryl methyl sites for hydroxylation is 1. The van der Waals surface area contributed by atoms with E-state index in [4.69, 9.17) is 0 Å². The van der Waals surface area contributed by atoms with Gasteiger partial charge >= 0.3 is 6.03 Å². The summed E-state index contributed by atoms with van der Waals surface area (Å²) in [7, 11) is 0. The van der Waals surface area contributed by atoms with Crippen molar-refractivity contribution in [2.45, 2.75) is 32.9 Å². The minimum Gasteiger partial charge on any atom is -0.348 e. The number of carbonyl (C=O) groups is 1. The topological polar surface area (TPSA) is 37.3 Å². The third kappa shape index (κ3) is 3.47. The predicted molar refractivity (Wildman–Crippen MR) is 109 cm³/mol. The van der Waals surface area contributed by atoms with Gasteiger partial charge < -0.3 is 14.8 Å². The molecule has 27 heavy (non-hydrogen) atoms. The van der Waals surface area contributed by atoms with Gasteiger partial charge in [-0.15, -0.1) is 0 Å². The van der Waals surface area contributed by atoms with E-state index < -0.39 is 0 Å². The Bertz CT molecular complexity index is 945. The lowest BCUT2D eigenvalue weighted by atomic mass is 10.0. The lowest BCUT2D eigenvalue weighted by Gasteiger charge is -2.37. The third-order valence-corrected chi connectivity index (χ3v) is 5.54. The quantitative estimate of drug-likeness (QED) is 0.707. The number of nitrogens with zero attached hydrogens (tertiary/aromatic N) is 2. The second-order valence-corrected chi connectivity index (χ2v) is 7.20. The first kappa shape index (κ1) is 17.4. The molecule has 4 nitrogen and oxygen atoms in total. The number of nitrogens with one attached hydrogen (secondary N) is 1. The molecule has 3 aromatic rings. The molecular weight excluding hydrogens is 334 g/mol. The van der Waals surface area contributed by atoms with E-state index in [1.54, 1.807) is 0 Å². The van der Waals surface area contributed by atoms with Crippen LogP contribution >= 0.6 is 0 Å². The number of anilines is 1. The summed E-state index contributed by atoms with van der Waals surface area (Å²) in [4.78, 5) is 15.1. The van der Waals surface area contributed by atoms with Crippen molar-refractivity contribution < 1.29 is 4.79 Å². The van der Waals surface area contributed by atoms with Gasteiger partial charge in [-0.1, -0.05) is 42.5 Å². The second-order valence-electron chi connectivity index (χ2n) is 7.20. The normalized spacial score (nSPS) is 16.1. The minimum atomic E-state index is -0.0305. The van der Waals surface area contributed by atoms with Crippen LogP contribution in [0, 0.1) is 13.8 Å². The van der Waals surface area contributed by atoms with Gasteiger partial charge in [-0.05, 0) is 55.2 Å². The van der Waals surface area contributed by atoms with E-state index in [-0.39, 0.29) is 12.1 Å². The number of aromatic nitrogens is 1. The van der Waals surface area contributed by atoms with E-state index in [0.29, 0.717) is 6.54 Å². The van der Waals surface area contributed by atoms with E-state index in [2.05, 4.69) is 65.5 Å². The van der Waals surface area contributed by atoms with Crippen LogP contribution in [0.15, 0.2) is 66.9 Å². The molecule has 0 saturated heterocycles. The largest absolute Gasteiger partial charge is 0.348 e. The zero-order valence-electron chi connectivity index (χ0n) is 15.9. The van der Waals surface area contributed by atoms with Crippen LogP contribution in [0.2, 0.25) is 0 Å². The van der Waals surface area contributed by atoms with Crippen LogP contribution in [-0.4, -0.2) is 22.0 Å². The number of carbonyl (C=O) groups excluding carboxylic acids is 1. The summed E-state index contributed by atoms with van der Waals surface area (Å²) >= 11 is 0. The highest BCUT2D eigenvalue weighted by Gasteiger charge is 2.31. The van der Waals surface area contributed by atoms with Gasteiger partial charge in [0.15, 0.2) is 0 Å². The van der Waals surface area contributed by atoms with Gasteiger partial charge in [0.05, 0.1) is 6.04 Å². The number of hydrogen-bond donors (Lipinski definition) is 1. The molecule has 1 aromatic heterocycles. The Morgan fingerprint density at radius 2 is 1.81 bits per heavy atom. The van der Waals surface area contributed by atoms with Crippen molar-refractivity contribution in [1.29, 1.82) is 0 Å². The molecule has 2 heterocycles. The number of amides is 2. The van der Waals surface area contributed by atoms with Crippen LogP contribution in [-0.2, 0) is 13.0 Å². The molecule has 1 aliphatic heterocycles. The molecule has 2 aromatic carbocycles. The summed E-state index contributed by atoms with van der Waals surface area (Å²) in [5.74, 6) is 0. The number of rotatable bonds is 3. The Morgan fingerprint density at radius 1 is 1.00 bits per heavy atom. The van der Waals surface area contributed by atoms with Gasteiger partial charge in [0.2, 0.25) is 0 Å². The Kier molecular flexibility index (Phi) is 4.71. The molecule has 1 N–H and O–H groups in total. The van der Waals surface area contributed by atoms with Crippen LogP contribution in [0.4, 0.5) is 10.5 Å². The van der Waals surface area contributed by atoms with Crippen LogP contribution in [0.25, 0.3) is 0 Å². The first-order valence-electron chi connectivity index (χ1n) is 9.46. The molecule has 0 unspecified atom stereocenters. The fourth-order valence-electron chi connectivity index (χ4n) is 3.83. The fraction of sp³-hybridized carbons (Fsp3) is 0.261. The zero-order chi connectivity index (χ0) is 18.8. The number of fused-ring (bicyclic) bond motifs is 1. The molecule has 0 bridgehead atoms. The molecule has 1 atom stereocenters. The summed E-state index contributed by atoms with van der Waals surface area (Å²) in [6.45, 7) is 5.65. The van der Waals surface area contributed by atoms with E-state index in [9.17, 15) is 4.79 Å². The average Bonchev–Trinajstić information content (AvgIpc) is 3.16. The van der Waals surface area contributed by atoms with Gasteiger partial charge in [-0.3, -0.25) is 0 Å². The maximum atomic E-state index is 13.2. The number of benzene rings is 2. The van der Waals surface area contributed by atoms with E-state index >= 15 is 0 Å². The summed E-state index contributed by atoms with van der Waals surface area (Å²) in [6, 6.07) is 20.6. The first-order valence-corrected chi connectivity index (χ1v) is 9.46. The molecule has 2 amide bonds. The number of urea groups is 1. The molecule has 4 rings (SSSR count). The standard InChI is InChI=1S/C23H25N3O/c1-17-8-6-11-20(18(17)2)24-23(27)26-15-14-25-13-7-12-21(25)22(26)16-19-9-4-3-5-10-19/h3-13,22H,14-16H2,1-2H3,(H,24,27)/t22-/m1/s1. The summed E-state index contributed by atoms with van der Waals surface area (Å²) in [5, 5.41) is 3.14. The molecule has 1 aliphatic rings. The van der Waals surface area contributed by atoms with Crippen molar-refractivity contribution >= 4 is 11.7 Å². The smallest absolute Gasteiger partial charge is 0.322 e. The van der Waals surface area contributed by atoms with Crippen molar-refractivity contribution in [3.05, 3.63) is 89.2 Å². The third-order valence-electron chi connectivity index (χ3n) is 5.54. The van der Waals surface area contributed by atoms with Gasteiger partial charge in [-0.25, -0.2) is 4.79 Å².